The molecule has 1 amide bonds. The Kier molecular flexibility index (Phi) is 4.19. The number of halogens is 1. The number of nitrogens with zero attached hydrogens (tertiary/aromatic N) is 4. The molecule has 0 aliphatic rings. The highest BCUT2D eigenvalue weighted by molar-refractivity contribution is 5.79. The molecule has 2 rings (SSSR count). The summed E-state index contributed by atoms with van der Waals surface area (Å²) in [6.07, 6.45) is 1.58. The molecule has 20 heavy (non-hydrogen) atoms. The second-order valence-electron chi connectivity index (χ2n) is 4.15. The maximum Gasteiger partial charge on any atom is 0.246 e. The van der Waals surface area contributed by atoms with Gasteiger partial charge in [-0.25, -0.2) is 4.39 Å². The molecule has 0 bridgehead atoms. The summed E-state index contributed by atoms with van der Waals surface area (Å²) < 4.78 is 13.1. The molecule has 0 aliphatic carbocycles. The second-order valence-corrected chi connectivity index (χ2v) is 4.15. The van der Waals surface area contributed by atoms with Crippen LogP contribution in [0.1, 0.15) is 13.0 Å². The molecule has 0 saturated heterocycles. The minimum absolute atomic E-state index is 0.243. The average molecular weight is 275 g/mol. The van der Waals surface area contributed by atoms with Crippen molar-refractivity contribution >= 4 is 5.91 Å². The summed E-state index contributed by atoms with van der Waals surface area (Å²) in [5.41, 5.74) is 0.509. The van der Waals surface area contributed by atoms with Crippen LogP contribution >= 0.6 is 0 Å². The maximum atomic E-state index is 13.1. The number of rotatable bonds is 5. The third-order valence-electron chi connectivity index (χ3n) is 2.66. The number of hydrogen-bond acceptors (Lipinski definition) is 4. The minimum atomic E-state index is -0.607. The van der Waals surface area contributed by atoms with Crippen molar-refractivity contribution in [1.29, 1.82) is 0 Å². The van der Waals surface area contributed by atoms with E-state index in [0.29, 0.717) is 12.1 Å². The first-order valence-electron chi connectivity index (χ1n) is 6.06. The van der Waals surface area contributed by atoms with E-state index in [9.17, 15) is 9.18 Å². The molecule has 0 spiro atoms. The van der Waals surface area contributed by atoms with E-state index in [4.69, 9.17) is 0 Å². The van der Waals surface area contributed by atoms with Gasteiger partial charge in [-0.2, -0.15) is 4.80 Å². The molecule has 104 valence electrons. The Bertz CT molecular complexity index is 625. The number of tetrazole rings is 1. The third kappa shape index (κ3) is 3.05. The second kappa shape index (κ2) is 6.05. The van der Waals surface area contributed by atoms with Gasteiger partial charge >= 0.3 is 0 Å². The van der Waals surface area contributed by atoms with Gasteiger partial charge < -0.3 is 5.32 Å². The highest BCUT2D eigenvalue weighted by Gasteiger charge is 2.18. The molecular weight excluding hydrogens is 261 g/mol. The van der Waals surface area contributed by atoms with Crippen molar-refractivity contribution in [2.24, 2.45) is 0 Å². The highest BCUT2D eigenvalue weighted by atomic mass is 19.1. The number of nitrogens with one attached hydrogen (secondary N) is 1. The first-order chi connectivity index (χ1) is 9.61. The van der Waals surface area contributed by atoms with Gasteiger partial charge in [-0.3, -0.25) is 4.79 Å². The van der Waals surface area contributed by atoms with Gasteiger partial charge in [0.1, 0.15) is 11.9 Å². The van der Waals surface area contributed by atoms with E-state index in [2.05, 4.69) is 27.3 Å². The van der Waals surface area contributed by atoms with Crippen molar-refractivity contribution in [3.63, 3.8) is 0 Å². The lowest BCUT2D eigenvalue weighted by Gasteiger charge is -2.08. The lowest BCUT2D eigenvalue weighted by Crippen LogP contribution is -2.32. The van der Waals surface area contributed by atoms with Crippen LogP contribution in [0.2, 0.25) is 0 Å². The lowest BCUT2D eigenvalue weighted by molar-refractivity contribution is -0.124. The Morgan fingerprint density at radius 1 is 1.60 bits per heavy atom. The Morgan fingerprint density at radius 2 is 2.40 bits per heavy atom. The predicted octanol–water partition coefficient (Wildman–Crippen LogP) is 1.34. The summed E-state index contributed by atoms with van der Waals surface area (Å²) in [6, 6.07) is 5.27. The Balaban J connectivity index is 2.16. The van der Waals surface area contributed by atoms with Crippen molar-refractivity contribution in [3.8, 4) is 11.4 Å². The van der Waals surface area contributed by atoms with Crippen LogP contribution in [0.15, 0.2) is 36.9 Å². The van der Waals surface area contributed by atoms with E-state index in [-0.39, 0.29) is 17.5 Å². The molecule has 0 aliphatic heterocycles. The predicted molar refractivity (Wildman–Crippen MR) is 71.1 cm³/mol. The summed E-state index contributed by atoms with van der Waals surface area (Å²) >= 11 is 0. The van der Waals surface area contributed by atoms with Gasteiger partial charge in [-0.1, -0.05) is 18.2 Å². The molecule has 1 N–H and O–H groups in total. The number of benzene rings is 1. The van der Waals surface area contributed by atoms with E-state index in [0.717, 1.165) is 0 Å². The molecule has 0 saturated carbocycles. The van der Waals surface area contributed by atoms with Crippen LogP contribution in [0.4, 0.5) is 4.39 Å². The molecule has 7 heteroatoms. The summed E-state index contributed by atoms with van der Waals surface area (Å²) in [6.45, 7) is 5.53. The topological polar surface area (TPSA) is 72.7 Å². The van der Waals surface area contributed by atoms with E-state index in [1.54, 1.807) is 25.1 Å². The van der Waals surface area contributed by atoms with Gasteiger partial charge in [0.15, 0.2) is 0 Å². The summed E-state index contributed by atoms with van der Waals surface area (Å²) in [4.78, 5) is 12.9. The molecule has 2 aromatic rings. The number of amides is 1. The van der Waals surface area contributed by atoms with Crippen LogP contribution < -0.4 is 5.32 Å². The van der Waals surface area contributed by atoms with Gasteiger partial charge in [0, 0.05) is 12.1 Å². The first kappa shape index (κ1) is 13.9. The zero-order chi connectivity index (χ0) is 14.5. The summed E-state index contributed by atoms with van der Waals surface area (Å²) in [7, 11) is 0. The minimum Gasteiger partial charge on any atom is -0.351 e. The standard InChI is InChI=1S/C13H14FN5O/c1-3-7-15-13(20)9(2)19-17-12(16-18-19)10-5-4-6-11(14)8-10/h3-6,8-9H,1,7H2,2H3,(H,15,20). The van der Waals surface area contributed by atoms with Crippen LogP contribution in [0, 0.1) is 5.82 Å². The van der Waals surface area contributed by atoms with Gasteiger partial charge in [0.05, 0.1) is 0 Å². The zero-order valence-electron chi connectivity index (χ0n) is 11.0. The maximum absolute atomic E-state index is 13.1. The summed E-state index contributed by atoms with van der Waals surface area (Å²) in [5, 5.41) is 14.4. The van der Waals surface area contributed by atoms with E-state index < -0.39 is 6.04 Å². The molecule has 1 heterocycles. The first-order valence-corrected chi connectivity index (χ1v) is 6.06. The molecule has 0 radical (unpaired) electrons. The van der Waals surface area contributed by atoms with Crippen LogP contribution in [0.3, 0.4) is 0 Å². The van der Waals surface area contributed by atoms with Crippen molar-refractivity contribution in [2.45, 2.75) is 13.0 Å². The Morgan fingerprint density at radius 3 is 3.10 bits per heavy atom. The normalized spacial score (nSPS) is 11.9. The van der Waals surface area contributed by atoms with Gasteiger partial charge in [0.2, 0.25) is 11.7 Å². The molecule has 1 aromatic heterocycles. The fraction of sp³-hybridized carbons (Fsp3) is 0.231. The van der Waals surface area contributed by atoms with Crippen molar-refractivity contribution < 1.29 is 9.18 Å². The van der Waals surface area contributed by atoms with Crippen molar-refractivity contribution in [2.75, 3.05) is 6.54 Å². The molecule has 1 aromatic carbocycles. The zero-order valence-corrected chi connectivity index (χ0v) is 11.0. The molecule has 0 fully saturated rings. The molecular formula is C13H14FN5O. The molecule has 1 atom stereocenters. The largest absolute Gasteiger partial charge is 0.351 e. The molecule has 1 unspecified atom stereocenters. The quantitative estimate of drug-likeness (QED) is 0.836. The number of hydrogen-bond donors (Lipinski definition) is 1. The Hall–Kier alpha value is -2.57. The fourth-order valence-corrected chi connectivity index (χ4v) is 1.56. The van der Waals surface area contributed by atoms with Crippen LogP contribution in [-0.4, -0.2) is 32.7 Å². The Labute approximate surface area is 115 Å². The average Bonchev–Trinajstić information content (AvgIpc) is 2.93. The molecule has 6 nitrogen and oxygen atoms in total. The van der Waals surface area contributed by atoms with E-state index in [1.807, 2.05) is 0 Å². The lowest BCUT2D eigenvalue weighted by atomic mass is 10.2. The van der Waals surface area contributed by atoms with Crippen LogP contribution in [-0.2, 0) is 4.79 Å². The van der Waals surface area contributed by atoms with E-state index in [1.165, 1.54) is 16.9 Å². The van der Waals surface area contributed by atoms with Crippen LogP contribution in [0.5, 0.6) is 0 Å². The van der Waals surface area contributed by atoms with Crippen molar-refractivity contribution in [3.05, 3.63) is 42.7 Å². The van der Waals surface area contributed by atoms with Gasteiger partial charge in [-0.15, -0.1) is 16.8 Å². The monoisotopic (exact) mass is 275 g/mol. The smallest absolute Gasteiger partial charge is 0.246 e. The highest BCUT2D eigenvalue weighted by Crippen LogP contribution is 2.15. The fourth-order valence-electron chi connectivity index (χ4n) is 1.56. The SMILES string of the molecule is C=CCNC(=O)C(C)n1nnc(-c2cccc(F)c2)n1. The van der Waals surface area contributed by atoms with Gasteiger partial charge in [-0.05, 0) is 24.3 Å². The van der Waals surface area contributed by atoms with Crippen LogP contribution in [0.25, 0.3) is 11.4 Å². The number of aromatic nitrogens is 4. The third-order valence-corrected chi connectivity index (χ3v) is 2.66. The van der Waals surface area contributed by atoms with E-state index >= 15 is 0 Å². The summed E-state index contributed by atoms with van der Waals surface area (Å²) in [5.74, 6) is -0.350. The van der Waals surface area contributed by atoms with Crippen molar-refractivity contribution in [1.82, 2.24) is 25.5 Å². The number of carbonyl (C=O) groups excluding carboxylic acids is 1. The number of carbonyl (C=O) groups is 1. The van der Waals surface area contributed by atoms with Gasteiger partial charge in [0.25, 0.3) is 0 Å².